The molecule has 0 unspecified atom stereocenters. The van der Waals surface area contributed by atoms with Gasteiger partial charge in [0.1, 0.15) is 0 Å². The second-order valence-corrected chi connectivity index (χ2v) is 5.96. The van der Waals surface area contributed by atoms with E-state index in [-0.39, 0.29) is 35.7 Å². The van der Waals surface area contributed by atoms with E-state index in [1.54, 1.807) is 6.07 Å². The molecule has 0 radical (unpaired) electrons. The maximum absolute atomic E-state index is 12.4. The number of aryl methyl sites for hydroxylation is 1. The number of carbonyl (C=O) groups excluding carboxylic acids is 1. The molecule has 1 amide bonds. The number of aromatic nitrogens is 3. The van der Waals surface area contributed by atoms with Gasteiger partial charge in [0.25, 0.3) is 11.5 Å². The predicted octanol–water partition coefficient (Wildman–Crippen LogP) is 0.0943. The van der Waals surface area contributed by atoms with Gasteiger partial charge in [-0.1, -0.05) is 6.92 Å². The van der Waals surface area contributed by atoms with Gasteiger partial charge >= 0.3 is 5.69 Å². The fourth-order valence-electron chi connectivity index (χ4n) is 2.76. The summed E-state index contributed by atoms with van der Waals surface area (Å²) in [6.07, 6.45) is 2.66. The molecule has 2 heterocycles. The standard InChI is InChI=1S/C16H20N4O4/c1-2-6-20-13-12(15(23)19-16(20)24)10(14(22)17-5-7-21)8-11(18-13)9-3-4-9/h8-9,21H,2-7H2,1H3,(H,17,22)(H,19,23,24). The van der Waals surface area contributed by atoms with Crippen molar-refractivity contribution in [1.29, 1.82) is 0 Å². The third-order valence-corrected chi connectivity index (χ3v) is 4.05. The van der Waals surface area contributed by atoms with Crippen LogP contribution in [0.1, 0.15) is 48.2 Å². The average Bonchev–Trinajstić information content (AvgIpc) is 3.40. The van der Waals surface area contributed by atoms with Crippen molar-refractivity contribution in [3.05, 3.63) is 38.2 Å². The Morgan fingerprint density at radius 2 is 2.21 bits per heavy atom. The number of fused-ring (bicyclic) bond motifs is 1. The molecule has 0 atom stereocenters. The van der Waals surface area contributed by atoms with E-state index in [4.69, 9.17) is 5.11 Å². The highest BCUT2D eigenvalue weighted by Crippen LogP contribution is 2.39. The summed E-state index contributed by atoms with van der Waals surface area (Å²) in [5.74, 6) is -0.186. The van der Waals surface area contributed by atoms with Gasteiger partial charge in [-0.3, -0.25) is 19.1 Å². The van der Waals surface area contributed by atoms with E-state index in [1.807, 2.05) is 6.92 Å². The fraction of sp³-hybridized carbons (Fsp3) is 0.500. The number of aromatic amines is 1. The Labute approximate surface area is 137 Å². The lowest BCUT2D eigenvalue weighted by Gasteiger charge is -2.12. The molecule has 3 rings (SSSR count). The first-order chi connectivity index (χ1) is 11.6. The quantitative estimate of drug-likeness (QED) is 0.693. The van der Waals surface area contributed by atoms with Gasteiger partial charge in [0.15, 0.2) is 5.65 Å². The van der Waals surface area contributed by atoms with Crippen LogP contribution in [0.4, 0.5) is 0 Å². The van der Waals surface area contributed by atoms with Crippen LogP contribution in [0, 0.1) is 0 Å². The topological polar surface area (TPSA) is 117 Å². The van der Waals surface area contributed by atoms with Crippen LogP contribution in [0.25, 0.3) is 11.0 Å². The van der Waals surface area contributed by atoms with Crippen LogP contribution in [0.2, 0.25) is 0 Å². The molecule has 8 nitrogen and oxygen atoms in total. The maximum atomic E-state index is 12.4. The molecule has 128 valence electrons. The molecule has 0 spiro atoms. The van der Waals surface area contributed by atoms with Crippen molar-refractivity contribution < 1.29 is 9.90 Å². The smallest absolute Gasteiger partial charge is 0.329 e. The highest BCUT2D eigenvalue weighted by molar-refractivity contribution is 6.05. The Bertz CT molecular complexity index is 895. The zero-order valence-corrected chi connectivity index (χ0v) is 13.5. The summed E-state index contributed by atoms with van der Waals surface area (Å²) in [7, 11) is 0. The molecule has 1 saturated carbocycles. The fourth-order valence-corrected chi connectivity index (χ4v) is 2.76. The summed E-state index contributed by atoms with van der Waals surface area (Å²) >= 11 is 0. The second kappa shape index (κ2) is 6.56. The largest absolute Gasteiger partial charge is 0.395 e. The monoisotopic (exact) mass is 332 g/mol. The van der Waals surface area contributed by atoms with Crippen molar-refractivity contribution in [2.75, 3.05) is 13.2 Å². The molecule has 1 fully saturated rings. The van der Waals surface area contributed by atoms with Crippen molar-refractivity contribution in [1.82, 2.24) is 19.9 Å². The molecular weight excluding hydrogens is 312 g/mol. The minimum atomic E-state index is -0.619. The number of hydrogen-bond acceptors (Lipinski definition) is 5. The number of nitrogens with zero attached hydrogens (tertiary/aromatic N) is 2. The van der Waals surface area contributed by atoms with Crippen molar-refractivity contribution >= 4 is 16.9 Å². The lowest BCUT2D eigenvalue weighted by Crippen LogP contribution is -2.34. The van der Waals surface area contributed by atoms with E-state index < -0.39 is 17.2 Å². The van der Waals surface area contributed by atoms with Crippen LogP contribution in [-0.4, -0.2) is 38.7 Å². The lowest BCUT2D eigenvalue weighted by molar-refractivity contribution is 0.0946. The maximum Gasteiger partial charge on any atom is 0.329 e. The number of amides is 1. The SMILES string of the molecule is CCCn1c(=O)[nH]c(=O)c2c(C(=O)NCCO)cc(C3CC3)nc21. The van der Waals surface area contributed by atoms with Gasteiger partial charge in [0.05, 0.1) is 17.6 Å². The Kier molecular flexibility index (Phi) is 4.48. The van der Waals surface area contributed by atoms with E-state index >= 15 is 0 Å². The number of H-pyrrole nitrogens is 1. The molecule has 0 bridgehead atoms. The van der Waals surface area contributed by atoms with E-state index in [1.165, 1.54) is 4.57 Å². The zero-order valence-electron chi connectivity index (χ0n) is 13.5. The normalized spacial score (nSPS) is 14.1. The first-order valence-corrected chi connectivity index (χ1v) is 8.13. The van der Waals surface area contributed by atoms with Crippen molar-refractivity contribution in [3.63, 3.8) is 0 Å². The molecule has 3 N–H and O–H groups in total. The Morgan fingerprint density at radius 3 is 2.83 bits per heavy atom. The van der Waals surface area contributed by atoms with Crippen LogP contribution < -0.4 is 16.6 Å². The first kappa shape index (κ1) is 16.4. The number of aliphatic hydroxyl groups excluding tert-OH is 1. The summed E-state index contributed by atoms with van der Waals surface area (Å²) in [5.41, 5.74) is 0.0416. The van der Waals surface area contributed by atoms with E-state index in [0.717, 1.165) is 18.5 Å². The highest BCUT2D eigenvalue weighted by atomic mass is 16.3. The highest BCUT2D eigenvalue weighted by Gasteiger charge is 2.28. The Morgan fingerprint density at radius 1 is 1.46 bits per heavy atom. The van der Waals surface area contributed by atoms with Crippen molar-refractivity contribution in [2.24, 2.45) is 0 Å². The molecule has 0 saturated heterocycles. The third-order valence-electron chi connectivity index (χ3n) is 4.05. The minimum Gasteiger partial charge on any atom is -0.395 e. The Hall–Kier alpha value is -2.48. The predicted molar refractivity (Wildman–Crippen MR) is 88.3 cm³/mol. The van der Waals surface area contributed by atoms with Gasteiger partial charge in [-0.05, 0) is 25.3 Å². The van der Waals surface area contributed by atoms with Gasteiger partial charge in [-0.15, -0.1) is 0 Å². The van der Waals surface area contributed by atoms with Crippen molar-refractivity contribution in [2.45, 2.75) is 38.6 Å². The Balaban J connectivity index is 2.29. The summed E-state index contributed by atoms with van der Waals surface area (Å²) in [4.78, 5) is 43.6. The molecule has 24 heavy (non-hydrogen) atoms. The molecule has 0 aliphatic heterocycles. The van der Waals surface area contributed by atoms with Gasteiger partial charge in [-0.25, -0.2) is 9.78 Å². The molecule has 2 aromatic rings. The summed E-state index contributed by atoms with van der Waals surface area (Å²) in [5, 5.41) is 11.6. The average molecular weight is 332 g/mol. The van der Waals surface area contributed by atoms with Gasteiger partial charge in [0.2, 0.25) is 0 Å². The van der Waals surface area contributed by atoms with Crippen LogP contribution in [-0.2, 0) is 6.54 Å². The first-order valence-electron chi connectivity index (χ1n) is 8.13. The van der Waals surface area contributed by atoms with E-state index in [0.29, 0.717) is 13.0 Å². The number of carbonyl (C=O) groups is 1. The molecule has 0 aromatic carbocycles. The zero-order chi connectivity index (χ0) is 17.3. The number of nitrogens with one attached hydrogen (secondary N) is 2. The molecule has 2 aromatic heterocycles. The summed E-state index contributed by atoms with van der Waals surface area (Å²) in [6.45, 7) is 2.23. The lowest BCUT2D eigenvalue weighted by atomic mass is 10.1. The molecule has 1 aliphatic carbocycles. The van der Waals surface area contributed by atoms with Crippen LogP contribution >= 0.6 is 0 Å². The molecule has 1 aliphatic rings. The summed E-state index contributed by atoms with van der Waals surface area (Å²) < 4.78 is 1.41. The second-order valence-electron chi connectivity index (χ2n) is 5.96. The molecule has 8 heteroatoms. The van der Waals surface area contributed by atoms with E-state index in [2.05, 4.69) is 15.3 Å². The van der Waals surface area contributed by atoms with Crippen LogP contribution in [0.15, 0.2) is 15.7 Å². The van der Waals surface area contributed by atoms with Gasteiger partial charge in [0, 0.05) is 24.7 Å². The number of rotatable bonds is 6. The third kappa shape index (κ3) is 2.96. The molecular formula is C16H20N4O4. The van der Waals surface area contributed by atoms with Gasteiger partial charge < -0.3 is 10.4 Å². The van der Waals surface area contributed by atoms with E-state index in [9.17, 15) is 14.4 Å². The van der Waals surface area contributed by atoms with Crippen molar-refractivity contribution in [3.8, 4) is 0 Å². The number of hydrogen-bond donors (Lipinski definition) is 3. The van der Waals surface area contributed by atoms with Gasteiger partial charge in [-0.2, -0.15) is 0 Å². The minimum absolute atomic E-state index is 0.0912. The van der Waals surface area contributed by atoms with Crippen LogP contribution in [0.5, 0.6) is 0 Å². The number of pyridine rings is 1. The summed E-state index contributed by atoms with van der Waals surface area (Å²) in [6, 6.07) is 1.63. The number of aliphatic hydroxyl groups is 1. The van der Waals surface area contributed by atoms with Crippen LogP contribution in [0.3, 0.4) is 0 Å².